The molecule has 0 amide bonds. The normalized spacial score (nSPS) is 12.6. The lowest BCUT2D eigenvalue weighted by Gasteiger charge is -2.18. The number of ether oxygens (including phenoxy) is 3. The third-order valence-corrected chi connectivity index (χ3v) is 14.1. The van der Waals surface area contributed by atoms with Gasteiger partial charge in [0.15, 0.2) is 6.10 Å². The Kier molecular flexibility index (Phi) is 61.2. The van der Waals surface area contributed by atoms with Gasteiger partial charge in [-0.2, -0.15) is 0 Å². The highest BCUT2D eigenvalue weighted by molar-refractivity contribution is 5.71. The average molecular weight is 1060 g/mol. The lowest BCUT2D eigenvalue weighted by Crippen LogP contribution is -2.30. The second-order valence-corrected chi connectivity index (χ2v) is 21.6. The SMILES string of the molecule is CC/C=C\C/C=C\C/C=C\C/C=C\C/C=C\CCCCCCCC(=O)OC(COC(=O)CCCCCCC/C=C\CCC)COC(=O)CCCCCCCCCCCCCCCCC/C=C\CCCCCCCCCC. The van der Waals surface area contributed by atoms with Gasteiger partial charge in [0.25, 0.3) is 0 Å². The van der Waals surface area contributed by atoms with Crippen LogP contribution in [0.25, 0.3) is 0 Å². The van der Waals surface area contributed by atoms with Gasteiger partial charge in [0.05, 0.1) is 0 Å². The number of hydrogen-bond donors (Lipinski definition) is 0. The van der Waals surface area contributed by atoms with Gasteiger partial charge in [-0.15, -0.1) is 0 Å². The summed E-state index contributed by atoms with van der Waals surface area (Å²) in [6.07, 6.45) is 84.7. The van der Waals surface area contributed by atoms with Crippen LogP contribution in [-0.4, -0.2) is 37.2 Å². The topological polar surface area (TPSA) is 78.9 Å². The summed E-state index contributed by atoms with van der Waals surface area (Å²) >= 11 is 0. The quantitative estimate of drug-likeness (QED) is 0.0261. The Morgan fingerprint density at radius 3 is 0.868 bits per heavy atom. The first kappa shape index (κ1) is 72.6. The number of carbonyl (C=O) groups is 3. The molecule has 0 saturated heterocycles. The summed E-state index contributed by atoms with van der Waals surface area (Å²) in [6, 6.07) is 0. The monoisotopic (exact) mass is 1060 g/mol. The summed E-state index contributed by atoms with van der Waals surface area (Å²) in [5.74, 6) is -0.905. The van der Waals surface area contributed by atoms with E-state index in [1.54, 1.807) is 0 Å². The molecule has 0 rings (SSSR count). The number of carbonyl (C=O) groups excluding carboxylic acids is 3. The van der Waals surface area contributed by atoms with Crippen molar-refractivity contribution in [3.63, 3.8) is 0 Å². The number of hydrogen-bond acceptors (Lipinski definition) is 6. The summed E-state index contributed by atoms with van der Waals surface area (Å²) in [6.45, 7) is 6.47. The van der Waals surface area contributed by atoms with Gasteiger partial charge in [-0.05, 0) is 109 Å². The Labute approximate surface area is 471 Å². The van der Waals surface area contributed by atoms with Crippen molar-refractivity contribution in [1.29, 1.82) is 0 Å². The Morgan fingerprint density at radius 2 is 0.539 bits per heavy atom. The van der Waals surface area contributed by atoms with Crippen LogP contribution in [0.1, 0.15) is 323 Å². The molecule has 0 aromatic rings. The maximum atomic E-state index is 12.9. The van der Waals surface area contributed by atoms with Crippen molar-refractivity contribution in [1.82, 2.24) is 0 Å². The van der Waals surface area contributed by atoms with E-state index in [-0.39, 0.29) is 31.1 Å². The highest BCUT2D eigenvalue weighted by Gasteiger charge is 2.19. The maximum Gasteiger partial charge on any atom is 0.306 e. The van der Waals surface area contributed by atoms with E-state index >= 15 is 0 Å². The maximum absolute atomic E-state index is 12.9. The van der Waals surface area contributed by atoms with E-state index in [0.717, 1.165) is 122 Å². The van der Waals surface area contributed by atoms with Gasteiger partial charge in [0.1, 0.15) is 13.2 Å². The molecule has 0 aliphatic rings. The Balaban J connectivity index is 4.23. The Bertz CT molecular complexity index is 1450. The lowest BCUT2D eigenvalue weighted by atomic mass is 10.0. The van der Waals surface area contributed by atoms with E-state index in [2.05, 4.69) is 106 Å². The molecule has 0 bridgehead atoms. The van der Waals surface area contributed by atoms with Crippen LogP contribution < -0.4 is 0 Å². The van der Waals surface area contributed by atoms with Gasteiger partial charge >= 0.3 is 17.9 Å². The van der Waals surface area contributed by atoms with E-state index in [9.17, 15) is 14.4 Å². The summed E-state index contributed by atoms with van der Waals surface area (Å²) < 4.78 is 16.9. The summed E-state index contributed by atoms with van der Waals surface area (Å²) in [5, 5.41) is 0. The first-order valence-electron chi connectivity index (χ1n) is 32.6. The molecule has 0 spiro atoms. The van der Waals surface area contributed by atoms with Crippen molar-refractivity contribution in [3.05, 3.63) is 85.1 Å². The second-order valence-electron chi connectivity index (χ2n) is 21.6. The minimum absolute atomic E-state index is 0.0856. The molecule has 0 fully saturated rings. The molecule has 1 unspecified atom stereocenters. The summed E-state index contributed by atoms with van der Waals surface area (Å²) in [4.78, 5) is 38.2. The minimum atomic E-state index is -0.790. The van der Waals surface area contributed by atoms with Crippen molar-refractivity contribution in [2.75, 3.05) is 13.2 Å². The highest BCUT2D eigenvalue weighted by Crippen LogP contribution is 2.17. The predicted molar refractivity (Wildman–Crippen MR) is 330 cm³/mol. The van der Waals surface area contributed by atoms with E-state index in [1.165, 1.54) is 161 Å². The van der Waals surface area contributed by atoms with Gasteiger partial charge in [-0.3, -0.25) is 14.4 Å². The van der Waals surface area contributed by atoms with Gasteiger partial charge in [-0.25, -0.2) is 0 Å². The van der Waals surface area contributed by atoms with Crippen LogP contribution in [0.15, 0.2) is 85.1 Å². The van der Waals surface area contributed by atoms with Crippen molar-refractivity contribution in [2.45, 2.75) is 329 Å². The van der Waals surface area contributed by atoms with Gasteiger partial charge < -0.3 is 14.2 Å². The van der Waals surface area contributed by atoms with Crippen LogP contribution >= 0.6 is 0 Å². The fraction of sp³-hybridized carbons (Fsp3) is 0.757. The molecule has 438 valence electrons. The molecule has 0 heterocycles. The van der Waals surface area contributed by atoms with Crippen LogP contribution in [0.3, 0.4) is 0 Å². The molecule has 6 heteroatoms. The Hall–Kier alpha value is -3.41. The third-order valence-electron chi connectivity index (χ3n) is 14.1. The lowest BCUT2D eigenvalue weighted by molar-refractivity contribution is -0.167. The van der Waals surface area contributed by atoms with Gasteiger partial charge in [0.2, 0.25) is 0 Å². The smallest absolute Gasteiger partial charge is 0.306 e. The zero-order valence-electron chi connectivity index (χ0n) is 50.3. The van der Waals surface area contributed by atoms with Crippen LogP contribution in [0, 0.1) is 0 Å². The van der Waals surface area contributed by atoms with E-state index in [4.69, 9.17) is 14.2 Å². The van der Waals surface area contributed by atoms with Crippen LogP contribution in [0.4, 0.5) is 0 Å². The minimum Gasteiger partial charge on any atom is -0.462 e. The fourth-order valence-corrected chi connectivity index (χ4v) is 9.23. The molecule has 0 aliphatic heterocycles. The molecule has 0 N–H and O–H groups in total. The van der Waals surface area contributed by atoms with Gasteiger partial charge in [-0.1, -0.05) is 279 Å². The molecule has 0 aliphatic carbocycles. The van der Waals surface area contributed by atoms with Crippen molar-refractivity contribution in [2.24, 2.45) is 0 Å². The second kappa shape index (κ2) is 64.1. The van der Waals surface area contributed by atoms with Crippen LogP contribution in [0.5, 0.6) is 0 Å². The molecule has 1 atom stereocenters. The third kappa shape index (κ3) is 61.4. The predicted octanol–water partition coefficient (Wildman–Crippen LogP) is 22.3. The van der Waals surface area contributed by atoms with Gasteiger partial charge in [0, 0.05) is 19.3 Å². The first-order valence-corrected chi connectivity index (χ1v) is 32.6. The molecule has 76 heavy (non-hydrogen) atoms. The largest absolute Gasteiger partial charge is 0.462 e. The van der Waals surface area contributed by atoms with E-state index in [0.29, 0.717) is 19.3 Å². The molecule has 6 nitrogen and oxygen atoms in total. The average Bonchev–Trinajstić information content (AvgIpc) is 3.42. The number of allylic oxidation sites excluding steroid dienone is 14. The number of rotatable bonds is 59. The summed E-state index contributed by atoms with van der Waals surface area (Å²) in [7, 11) is 0. The summed E-state index contributed by atoms with van der Waals surface area (Å²) in [5.41, 5.74) is 0. The number of esters is 3. The molecule has 0 radical (unpaired) electrons. The standard InChI is InChI=1S/C70H122O6/c1-4-7-10-13-16-19-22-24-26-28-30-32-33-34-35-36-37-39-40-42-44-46-48-51-54-57-60-63-69(72)75-66-67(65-74-68(71)62-59-56-53-50-21-18-15-12-9-6-3)76-70(73)64-61-58-55-52-49-47-45-43-41-38-31-29-27-25-23-20-17-14-11-8-5-2/h8,11-12,15,17,20,25,27-28,30-31,38,43,45,67H,4-7,9-10,13-14,16,18-19,21-24,26,29,32-37,39-42,44,46-66H2,1-3H3/b11-8-,15-12-,20-17-,27-25-,30-28-,38-31-,45-43-. The van der Waals surface area contributed by atoms with Crippen LogP contribution in [0.2, 0.25) is 0 Å². The Morgan fingerprint density at radius 1 is 0.276 bits per heavy atom. The fourth-order valence-electron chi connectivity index (χ4n) is 9.23. The molecular formula is C70H122O6. The first-order chi connectivity index (χ1) is 37.5. The van der Waals surface area contributed by atoms with E-state index < -0.39 is 6.10 Å². The zero-order chi connectivity index (χ0) is 55.0. The molecule has 0 aromatic carbocycles. The van der Waals surface area contributed by atoms with Crippen molar-refractivity contribution < 1.29 is 28.6 Å². The van der Waals surface area contributed by atoms with Crippen molar-refractivity contribution in [3.8, 4) is 0 Å². The molecular weight excluding hydrogens is 937 g/mol. The van der Waals surface area contributed by atoms with Crippen molar-refractivity contribution >= 4 is 17.9 Å². The van der Waals surface area contributed by atoms with Crippen LogP contribution in [-0.2, 0) is 28.6 Å². The highest BCUT2D eigenvalue weighted by atomic mass is 16.6. The molecule has 0 saturated carbocycles. The zero-order valence-corrected chi connectivity index (χ0v) is 50.3. The van der Waals surface area contributed by atoms with E-state index in [1.807, 2.05) is 0 Å². The molecule has 0 aromatic heterocycles. The number of unbranched alkanes of at least 4 members (excludes halogenated alkanes) is 34.